The molecule has 0 spiro atoms. The first kappa shape index (κ1) is 22.0. The van der Waals surface area contributed by atoms with E-state index in [1.165, 1.54) is 12.1 Å². The van der Waals surface area contributed by atoms with Crippen LogP contribution in [0.2, 0.25) is 0 Å². The van der Waals surface area contributed by atoms with Crippen LogP contribution in [0, 0.1) is 0 Å². The minimum absolute atomic E-state index is 0.0819. The zero-order valence-electron chi connectivity index (χ0n) is 17.4. The molecule has 0 radical (unpaired) electrons. The molecule has 1 saturated heterocycles. The number of anilines is 1. The molecular formula is C24H24N2O5S. The Morgan fingerprint density at radius 1 is 0.969 bits per heavy atom. The third kappa shape index (κ3) is 5.53. The van der Waals surface area contributed by atoms with Gasteiger partial charge in [-0.1, -0.05) is 30.3 Å². The van der Waals surface area contributed by atoms with E-state index in [9.17, 15) is 13.2 Å². The summed E-state index contributed by atoms with van der Waals surface area (Å²) in [5.41, 5.74) is 0.842. The lowest BCUT2D eigenvalue weighted by Crippen LogP contribution is -2.31. The fraction of sp³-hybridized carbons (Fsp3) is 0.208. The maximum Gasteiger partial charge on any atom is 0.259 e. The van der Waals surface area contributed by atoms with Crippen LogP contribution in [0.1, 0.15) is 23.2 Å². The van der Waals surface area contributed by atoms with E-state index in [0.717, 1.165) is 12.8 Å². The highest BCUT2D eigenvalue weighted by Gasteiger charge is 2.20. The van der Waals surface area contributed by atoms with E-state index in [1.54, 1.807) is 48.5 Å². The summed E-state index contributed by atoms with van der Waals surface area (Å²) in [4.78, 5) is 12.9. The molecule has 0 saturated carbocycles. The molecule has 1 aliphatic rings. The van der Waals surface area contributed by atoms with E-state index in [1.807, 2.05) is 18.2 Å². The number of ether oxygens (including phenoxy) is 2. The van der Waals surface area contributed by atoms with Crippen molar-refractivity contribution in [1.82, 2.24) is 4.72 Å². The van der Waals surface area contributed by atoms with Gasteiger partial charge in [0.1, 0.15) is 11.5 Å². The molecule has 1 heterocycles. The number of carbonyl (C=O) groups is 1. The normalized spacial score (nSPS) is 15.9. The van der Waals surface area contributed by atoms with Crippen LogP contribution in [0.3, 0.4) is 0 Å². The Balaban J connectivity index is 1.42. The van der Waals surface area contributed by atoms with Crippen molar-refractivity contribution in [3.8, 4) is 11.5 Å². The average molecular weight is 453 g/mol. The van der Waals surface area contributed by atoms with Crippen molar-refractivity contribution in [3.05, 3.63) is 84.4 Å². The lowest BCUT2D eigenvalue weighted by atomic mass is 10.2. The summed E-state index contributed by atoms with van der Waals surface area (Å²) in [6.45, 7) is 0.916. The van der Waals surface area contributed by atoms with Gasteiger partial charge < -0.3 is 14.8 Å². The lowest BCUT2D eigenvalue weighted by molar-refractivity contribution is 0.102. The van der Waals surface area contributed by atoms with Gasteiger partial charge in [0.25, 0.3) is 5.91 Å². The first-order chi connectivity index (χ1) is 15.5. The van der Waals surface area contributed by atoms with Crippen LogP contribution in [0.15, 0.2) is 83.8 Å². The molecule has 1 aliphatic heterocycles. The van der Waals surface area contributed by atoms with Gasteiger partial charge in [-0.25, -0.2) is 13.1 Å². The Hall–Kier alpha value is -3.20. The van der Waals surface area contributed by atoms with Gasteiger partial charge in [-0.3, -0.25) is 4.79 Å². The molecule has 0 bridgehead atoms. The van der Waals surface area contributed by atoms with Gasteiger partial charge in [-0.2, -0.15) is 0 Å². The smallest absolute Gasteiger partial charge is 0.259 e. The van der Waals surface area contributed by atoms with Crippen LogP contribution >= 0.6 is 0 Å². The summed E-state index contributed by atoms with van der Waals surface area (Å²) in [6, 6.07) is 22.2. The fourth-order valence-corrected chi connectivity index (χ4v) is 4.43. The molecule has 0 aliphatic carbocycles. The molecule has 1 atom stereocenters. The second-order valence-electron chi connectivity index (χ2n) is 7.38. The van der Waals surface area contributed by atoms with Crippen molar-refractivity contribution >= 4 is 21.6 Å². The number of nitrogens with one attached hydrogen (secondary N) is 2. The zero-order valence-corrected chi connectivity index (χ0v) is 18.2. The van der Waals surface area contributed by atoms with Gasteiger partial charge in [-0.05, 0) is 61.4 Å². The number of amides is 1. The highest BCUT2D eigenvalue weighted by molar-refractivity contribution is 7.89. The standard InChI is InChI=1S/C24H24N2O5S/c27-24(22-10-4-5-11-23(22)31-19-7-2-1-3-8-19)26-18-12-14-21(15-13-18)32(28,29)25-17-20-9-6-16-30-20/h1-5,7-8,10-15,20,25H,6,9,16-17H2,(H,26,27)/t20-/m1/s1. The molecule has 166 valence electrons. The molecule has 4 rings (SSSR count). The summed E-state index contributed by atoms with van der Waals surface area (Å²) >= 11 is 0. The largest absolute Gasteiger partial charge is 0.457 e. The van der Waals surface area contributed by atoms with Crippen molar-refractivity contribution in [3.63, 3.8) is 0 Å². The summed E-state index contributed by atoms with van der Waals surface area (Å²) in [5.74, 6) is 0.690. The number of rotatable bonds is 8. The van der Waals surface area contributed by atoms with Gasteiger partial charge in [0.2, 0.25) is 10.0 Å². The minimum atomic E-state index is -3.65. The molecule has 1 fully saturated rings. The van der Waals surface area contributed by atoms with Crippen molar-refractivity contribution in [1.29, 1.82) is 0 Å². The second kappa shape index (κ2) is 9.95. The minimum Gasteiger partial charge on any atom is -0.457 e. The van der Waals surface area contributed by atoms with E-state index >= 15 is 0 Å². The first-order valence-electron chi connectivity index (χ1n) is 10.4. The molecule has 1 amide bonds. The zero-order chi connectivity index (χ0) is 22.4. The molecule has 8 heteroatoms. The van der Waals surface area contributed by atoms with E-state index in [-0.39, 0.29) is 23.5 Å². The predicted octanol–water partition coefficient (Wildman–Crippen LogP) is 4.19. The Kier molecular flexibility index (Phi) is 6.84. The first-order valence-corrected chi connectivity index (χ1v) is 11.8. The highest BCUT2D eigenvalue weighted by atomic mass is 32.2. The molecule has 7 nitrogen and oxygen atoms in total. The van der Waals surface area contributed by atoms with Crippen molar-refractivity contribution in [2.45, 2.75) is 23.8 Å². The Morgan fingerprint density at radius 3 is 2.41 bits per heavy atom. The second-order valence-corrected chi connectivity index (χ2v) is 9.14. The lowest BCUT2D eigenvalue weighted by Gasteiger charge is -2.13. The predicted molar refractivity (Wildman–Crippen MR) is 122 cm³/mol. The van der Waals surface area contributed by atoms with Gasteiger partial charge in [0.05, 0.1) is 16.6 Å². The van der Waals surface area contributed by atoms with Crippen molar-refractivity contribution in [2.24, 2.45) is 0 Å². The van der Waals surface area contributed by atoms with E-state index in [0.29, 0.717) is 29.4 Å². The molecule has 32 heavy (non-hydrogen) atoms. The summed E-state index contributed by atoms with van der Waals surface area (Å²) in [5, 5.41) is 2.79. The summed E-state index contributed by atoms with van der Waals surface area (Å²) in [6.07, 6.45) is 1.71. The molecule has 3 aromatic rings. The van der Waals surface area contributed by atoms with Gasteiger partial charge in [-0.15, -0.1) is 0 Å². The fourth-order valence-electron chi connectivity index (χ4n) is 3.37. The van der Waals surface area contributed by atoms with Crippen LogP contribution < -0.4 is 14.8 Å². The van der Waals surface area contributed by atoms with E-state index in [4.69, 9.17) is 9.47 Å². The number of sulfonamides is 1. The monoisotopic (exact) mass is 452 g/mol. The Morgan fingerprint density at radius 2 is 1.69 bits per heavy atom. The molecule has 3 aromatic carbocycles. The molecule has 2 N–H and O–H groups in total. The van der Waals surface area contributed by atoms with Crippen LogP contribution in [0.25, 0.3) is 0 Å². The van der Waals surface area contributed by atoms with E-state index in [2.05, 4.69) is 10.0 Å². The number of benzene rings is 3. The summed E-state index contributed by atoms with van der Waals surface area (Å²) in [7, 11) is -3.65. The summed E-state index contributed by atoms with van der Waals surface area (Å²) < 4.78 is 38.9. The SMILES string of the molecule is O=C(Nc1ccc(S(=O)(=O)NC[C@H]2CCCO2)cc1)c1ccccc1Oc1ccccc1. The number of hydrogen-bond acceptors (Lipinski definition) is 5. The topological polar surface area (TPSA) is 93.7 Å². The van der Waals surface area contributed by atoms with E-state index < -0.39 is 10.0 Å². The van der Waals surface area contributed by atoms with Crippen LogP contribution in [0.5, 0.6) is 11.5 Å². The van der Waals surface area contributed by atoms with Crippen LogP contribution in [-0.2, 0) is 14.8 Å². The maximum absolute atomic E-state index is 12.8. The third-order valence-corrected chi connectivity index (χ3v) is 6.49. The highest BCUT2D eigenvalue weighted by Crippen LogP contribution is 2.26. The number of carbonyl (C=O) groups excluding carboxylic acids is 1. The van der Waals surface area contributed by atoms with Gasteiger partial charge in [0.15, 0.2) is 0 Å². The molecule has 0 unspecified atom stereocenters. The Labute approximate surface area is 187 Å². The quantitative estimate of drug-likeness (QED) is 0.535. The van der Waals surface area contributed by atoms with Gasteiger partial charge >= 0.3 is 0 Å². The Bertz CT molecular complexity index is 1160. The number of para-hydroxylation sites is 2. The van der Waals surface area contributed by atoms with Crippen molar-refractivity contribution in [2.75, 3.05) is 18.5 Å². The molecule has 0 aromatic heterocycles. The third-order valence-electron chi connectivity index (χ3n) is 5.05. The van der Waals surface area contributed by atoms with Crippen LogP contribution in [0.4, 0.5) is 5.69 Å². The van der Waals surface area contributed by atoms with Crippen LogP contribution in [-0.4, -0.2) is 33.6 Å². The average Bonchev–Trinajstić information content (AvgIpc) is 3.33. The van der Waals surface area contributed by atoms with Gasteiger partial charge in [0, 0.05) is 18.8 Å². The number of hydrogen-bond donors (Lipinski definition) is 2. The van der Waals surface area contributed by atoms with Crippen molar-refractivity contribution < 1.29 is 22.7 Å². The maximum atomic E-state index is 12.8. The molecular weight excluding hydrogens is 428 g/mol.